The number of hydrogen-bond acceptors (Lipinski definition) is 7. The molecular formula is C29H26ClNO7. The molecule has 196 valence electrons. The highest BCUT2D eigenvalue weighted by Crippen LogP contribution is 2.43. The van der Waals surface area contributed by atoms with E-state index < -0.39 is 23.7 Å². The summed E-state index contributed by atoms with van der Waals surface area (Å²) in [5.74, 6) is -1.77. The summed E-state index contributed by atoms with van der Waals surface area (Å²) in [4.78, 5) is 40.5. The predicted molar refractivity (Wildman–Crippen MR) is 143 cm³/mol. The minimum Gasteiger partial charge on any atom is -0.507 e. The van der Waals surface area contributed by atoms with Crippen LogP contribution in [0.5, 0.6) is 11.5 Å². The number of aliphatic hydroxyl groups excluding tert-OH is 1. The second kappa shape index (κ2) is 11.4. The van der Waals surface area contributed by atoms with E-state index in [-0.39, 0.29) is 29.1 Å². The van der Waals surface area contributed by atoms with Gasteiger partial charge in [0.1, 0.15) is 17.3 Å². The highest BCUT2D eigenvalue weighted by Gasteiger charge is 2.47. The first-order valence-corrected chi connectivity index (χ1v) is 12.3. The van der Waals surface area contributed by atoms with E-state index in [9.17, 15) is 19.5 Å². The third-order valence-corrected chi connectivity index (χ3v) is 6.33. The Morgan fingerprint density at radius 1 is 0.974 bits per heavy atom. The zero-order chi connectivity index (χ0) is 27.4. The summed E-state index contributed by atoms with van der Waals surface area (Å²) in [6.45, 7) is 4.02. The van der Waals surface area contributed by atoms with Gasteiger partial charge in [0.25, 0.3) is 11.7 Å². The maximum Gasteiger partial charge on any atom is 0.338 e. The molecule has 1 N–H and O–H groups in total. The Labute approximate surface area is 225 Å². The molecule has 9 heteroatoms. The fraction of sp³-hybridized carbons (Fsp3) is 0.207. The smallest absolute Gasteiger partial charge is 0.338 e. The van der Waals surface area contributed by atoms with E-state index in [0.29, 0.717) is 34.4 Å². The van der Waals surface area contributed by atoms with Crippen LogP contribution >= 0.6 is 11.6 Å². The molecule has 0 saturated carbocycles. The van der Waals surface area contributed by atoms with Gasteiger partial charge in [-0.25, -0.2) is 4.79 Å². The van der Waals surface area contributed by atoms with Crippen molar-refractivity contribution < 1.29 is 33.7 Å². The zero-order valence-corrected chi connectivity index (χ0v) is 21.8. The van der Waals surface area contributed by atoms with Crippen molar-refractivity contribution in [2.24, 2.45) is 0 Å². The number of esters is 1. The first-order chi connectivity index (χ1) is 18.3. The molecule has 0 aliphatic carbocycles. The number of methoxy groups -OCH3 is 1. The average molecular weight is 536 g/mol. The lowest BCUT2D eigenvalue weighted by Crippen LogP contribution is -2.29. The first kappa shape index (κ1) is 26.8. The molecule has 1 heterocycles. The van der Waals surface area contributed by atoms with Gasteiger partial charge in [-0.3, -0.25) is 14.5 Å². The van der Waals surface area contributed by atoms with E-state index >= 15 is 0 Å². The number of carbonyl (C=O) groups excluding carboxylic acids is 3. The third-order valence-electron chi connectivity index (χ3n) is 6.02. The minimum atomic E-state index is -0.996. The Hall–Kier alpha value is -4.30. The SMILES string of the molecule is CCOC(=O)c1cccc(N2C(=O)C(=O)/C(=C(/O)c3ccc(Cl)c(OCC)c3)C2c2ccc(OC)cc2)c1. The van der Waals surface area contributed by atoms with Crippen LogP contribution in [0.1, 0.15) is 41.4 Å². The van der Waals surface area contributed by atoms with Crippen molar-refractivity contribution in [2.45, 2.75) is 19.9 Å². The summed E-state index contributed by atoms with van der Waals surface area (Å²) in [7, 11) is 1.53. The Morgan fingerprint density at radius 3 is 2.37 bits per heavy atom. The molecule has 0 spiro atoms. The average Bonchev–Trinajstić information content (AvgIpc) is 3.20. The number of carbonyl (C=O) groups is 3. The molecule has 1 fully saturated rings. The van der Waals surface area contributed by atoms with Gasteiger partial charge in [0.15, 0.2) is 0 Å². The van der Waals surface area contributed by atoms with E-state index in [1.165, 1.54) is 24.1 Å². The van der Waals surface area contributed by atoms with E-state index in [0.717, 1.165) is 0 Å². The Bertz CT molecular complexity index is 1410. The summed E-state index contributed by atoms with van der Waals surface area (Å²) in [6.07, 6.45) is 0. The second-order valence-electron chi connectivity index (χ2n) is 8.29. The molecule has 1 atom stereocenters. The number of rotatable bonds is 8. The first-order valence-electron chi connectivity index (χ1n) is 12.0. The van der Waals surface area contributed by atoms with Crippen molar-refractivity contribution in [2.75, 3.05) is 25.2 Å². The van der Waals surface area contributed by atoms with Gasteiger partial charge >= 0.3 is 5.97 Å². The number of anilines is 1. The number of benzene rings is 3. The van der Waals surface area contributed by atoms with E-state index in [1.54, 1.807) is 68.4 Å². The molecular weight excluding hydrogens is 510 g/mol. The van der Waals surface area contributed by atoms with Crippen LogP contribution in [0, 0.1) is 0 Å². The summed E-state index contributed by atoms with van der Waals surface area (Å²) in [5, 5.41) is 11.7. The molecule has 4 rings (SSSR count). The fourth-order valence-corrected chi connectivity index (χ4v) is 4.44. The molecule has 1 saturated heterocycles. The van der Waals surface area contributed by atoms with E-state index in [1.807, 2.05) is 0 Å². The second-order valence-corrected chi connectivity index (χ2v) is 8.70. The van der Waals surface area contributed by atoms with Crippen molar-refractivity contribution in [1.82, 2.24) is 0 Å². The summed E-state index contributed by atoms with van der Waals surface area (Å²) < 4.78 is 15.9. The number of halogens is 1. The molecule has 3 aromatic rings. The van der Waals surface area contributed by atoms with Crippen molar-refractivity contribution in [1.29, 1.82) is 0 Å². The van der Waals surface area contributed by atoms with E-state index in [2.05, 4.69) is 0 Å². The third kappa shape index (κ3) is 5.08. The number of ketones is 1. The molecule has 1 aliphatic rings. The van der Waals surface area contributed by atoms with Gasteiger partial charge < -0.3 is 19.3 Å². The molecule has 1 aliphatic heterocycles. The van der Waals surface area contributed by atoms with Crippen LogP contribution in [0.3, 0.4) is 0 Å². The van der Waals surface area contributed by atoms with Gasteiger partial charge in [-0.05, 0) is 67.9 Å². The van der Waals surface area contributed by atoms with Crippen molar-refractivity contribution >= 4 is 40.7 Å². The maximum atomic E-state index is 13.4. The van der Waals surface area contributed by atoms with Crippen molar-refractivity contribution in [3.63, 3.8) is 0 Å². The van der Waals surface area contributed by atoms with Gasteiger partial charge in [0.05, 0.1) is 42.5 Å². The predicted octanol–water partition coefficient (Wildman–Crippen LogP) is 5.55. The Kier molecular flexibility index (Phi) is 8.02. The normalized spacial score (nSPS) is 16.4. The molecule has 38 heavy (non-hydrogen) atoms. The Morgan fingerprint density at radius 2 is 1.71 bits per heavy atom. The van der Waals surface area contributed by atoms with Gasteiger partial charge in [0, 0.05) is 11.3 Å². The molecule has 0 bridgehead atoms. The number of hydrogen-bond donors (Lipinski definition) is 1. The number of nitrogens with zero attached hydrogens (tertiary/aromatic N) is 1. The highest BCUT2D eigenvalue weighted by molar-refractivity contribution is 6.51. The molecule has 0 aromatic heterocycles. The van der Waals surface area contributed by atoms with Gasteiger partial charge in [-0.15, -0.1) is 0 Å². The van der Waals surface area contributed by atoms with Gasteiger partial charge in [-0.1, -0.05) is 29.8 Å². The van der Waals surface area contributed by atoms with Crippen molar-refractivity contribution in [3.05, 3.63) is 94.0 Å². The van der Waals surface area contributed by atoms with Gasteiger partial charge in [-0.2, -0.15) is 0 Å². The van der Waals surface area contributed by atoms with E-state index in [4.69, 9.17) is 25.8 Å². The van der Waals surface area contributed by atoms with Crippen LogP contribution in [-0.2, 0) is 14.3 Å². The number of amides is 1. The maximum absolute atomic E-state index is 13.4. The summed E-state index contributed by atoms with van der Waals surface area (Å²) in [6, 6.07) is 16.7. The van der Waals surface area contributed by atoms with Crippen LogP contribution in [-0.4, -0.2) is 43.1 Å². The topological polar surface area (TPSA) is 102 Å². The summed E-state index contributed by atoms with van der Waals surface area (Å²) in [5.41, 5.74) is 1.20. The lowest BCUT2D eigenvalue weighted by atomic mass is 9.95. The molecule has 1 unspecified atom stereocenters. The van der Waals surface area contributed by atoms with Crippen LogP contribution in [0.25, 0.3) is 5.76 Å². The van der Waals surface area contributed by atoms with Crippen LogP contribution in [0.2, 0.25) is 5.02 Å². The number of Topliss-reactive ketones (excluding diaryl/α,β-unsaturated/α-hetero) is 1. The monoisotopic (exact) mass is 535 g/mol. The number of aliphatic hydroxyl groups is 1. The fourth-order valence-electron chi connectivity index (χ4n) is 4.27. The highest BCUT2D eigenvalue weighted by atomic mass is 35.5. The summed E-state index contributed by atoms with van der Waals surface area (Å²) >= 11 is 6.21. The van der Waals surface area contributed by atoms with Crippen LogP contribution < -0.4 is 14.4 Å². The standard InChI is InChI=1S/C29H26ClNO7/c1-4-37-23-16-18(11-14-22(23)30)26(32)24-25(17-9-12-21(36-3)13-10-17)31(28(34)27(24)33)20-8-6-7-19(15-20)29(35)38-5-2/h6-16,25,32H,4-5H2,1-3H3/b26-24+. The number of ether oxygens (including phenoxy) is 3. The molecule has 8 nitrogen and oxygen atoms in total. The largest absolute Gasteiger partial charge is 0.507 e. The Balaban J connectivity index is 1.91. The quantitative estimate of drug-likeness (QED) is 0.174. The lowest BCUT2D eigenvalue weighted by Gasteiger charge is -2.26. The minimum absolute atomic E-state index is 0.119. The van der Waals surface area contributed by atoms with Crippen LogP contribution in [0.4, 0.5) is 5.69 Å². The van der Waals surface area contributed by atoms with Crippen LogP contribution in [0.15, 0.2) is 72.3 Å². The molecule has 0 radical (unpaired) electrons. The molecule has 1 amide bonds. The van der Waals surface area contributed by atoms with Gasteiger partial charge in [0.2, 0.25) is 0 Å². The lowest BCUT2D eigenvalue weighted by molar-refractivity contribution is -0.132. The molecule has 3 aromatic carbocycles. The van der Waals surface area contributed by atoms with Crippen molar-refractivity contribution in [3.8, 4) is 11.5 Å². The zero-order valence-electron chi connectivity index (χ0n) is 21.1.